The van der Waals surface area contributed by atoms with E-state index in [9.17, 15) is 9.18 Å². The fourth-order valence-electron chi connectivity index (χ4n) is 4.34. The fourth-order valence-corrected chi connectivity index (χ4v) is 4.34. The van der Waals surface area contributed by atoms with E-state index >= 15 is 0 Å². The summed E-state index contributed by atoms with van der Waals surface area (Å²) < 4.78 is 15.2. The Morgan fingerprint density at radius 2 is 2.20 bits per heavy atom. The van der Waals surface area contributed by atoms with Gasteiger partial charge < -0.3 is 15.2 Å². The molecule has 0 saturated carbocycles. The van der Waals surface area contributed by atoms with Gasteiger partial charge in [0.15, 0.2) is 0 Å². The summed E-state index contributed by atoms with van der Waals surface area (Å²) in [5.41, 5.74) is 4.17. The van der Waals surface area contributed by atoms with Gasteiger partial charge >= 0.3 is 0 Å². The van der Waals surface area contributed by atoms with E-state index in [-0.39, 0.29) is 11.7 Å². The number of likely N-dealkylation sites (tertiary alicyclic amines) is 1. The number of H-pyrrole nitrogens is 1. The normalized spacial score (nSPS) is 17.5. The van der Waals surface area contributed by atoms with Gasteiger partial charge in [-0.2, -0.15) is 5.10 Å². The number of halogens is 1. The lowest BCUT2D eigenvalue weighted by molar-refractivity contribution is -0.116. The van der Waals surface area contributed by atoms with E-state index in [4.69, 9.17) is 0 Å². The van der Waals surface area contributed by atoms with Gasteiger partial charge in [-0.15, -0.1) is 0 Å². The third-order valence-corrected chi connectivity index (χ3v) is 6.01. The zero-order chi connectivity index (χ0) is 21.3. The van der Waals surface area contributed by atoms with Crippen molar-refractivity contribution in [1.29, 1.82) is 0 Å². The molecule has 1 atom stereocenters. The van der Waals surface area contributed by atoms with Crippen LogP contribution in [-0.2, 0) is 18.3 Å². The van der Waals surface area contributed by atoms with Crippen molar-refractivity contribution in [3.8, 4) is 0 Å². The molecular weight excluding hydrogens is 383 g/mol. The number of nitrogens with zero attached hydrogens (tertiary/aromatic N) is 4. The molecule has 1 amide bonds. The Hall–Kier alpha value is -2.74. The Labute approximate surface area is 175 Å². The van der Waals surface area contributed by atoms with Crippen LogP contribution in [0.4, 0.5) is 10.1 Å². The molecule has 3 heterocycles. The molecule has 8 heteroatoms. The second-order valence-corrected chi connectivity index (χ2v) is 8.33. The molecule has 0 radical (unpaired) electrons. The molecule has 3 aromatic rings. The van der Waals surface area contributed by atoms with Crippen LogP contribution in [0.1, 0.15) is 36.5 Å². The van der Waals surface area contributed by atoms with E-state index in [0.29, 0.717) is 12.3 Å². The van der Waals surface area contributed by atoms with Gasteiger partial charge in [0, 0.05) is 33.0 Å². The topological polar surface area (TPSA) is 78.8 Å². The van der Waals surface area contributed by atoms with E-state index in [1.54, 1.807) is 10.7 Å². The summed E-state index contributed by atoms with van der Waals surface area (Å²) >= 11 is 0. The Morgan fingerprint density at radius 3 is 2.97 bits per heavy atom. The molecule has 0 aliphatic carbocycles. The fraction of sp³-hybridized carbons (Fsp3) is 0.500. The number of amides is 1. The Kier molecular flexibility index (Phi) is 5.85. The summed E-state index contributed by atoms with van der Waals surface area (Å²) in [4.78, 5) is 22.7. The smallest absolute Gasteiger partial charge is 0.225 e. The van der Waals surface area contributed by atoms with Gasteiger partial charge in [0.05, 0.1) is 28.1 Å². The van der Waals surface area contributed by atoms with Crippen molar-refractivity contribution in [3.05, 3.63) is 41.2 Å². The number of imidazole rings is 1. The standard InChI is InChI=1S/C22H29FN6O/c1-14-22(15(2)28(3)27-14)26-21(30)8-10-29-9-4-5-16(13-29)11-20-24-18-7-6-17(23)12-19(18)25-20/h6-7,12,16H,4-5,8-11,13H2,1-3H3,(H,24,25)(H,26,30). The number of hydrogen-bond donors (Lipinski definition) is 2. The van der Waals surface area contributed by atoms with E-state index in [1.807, 2.05) is 20.9 Å². The van der Waals surface area contributed by atoms with Crippen LogP contribution >= 0.6 is 0 Å². The average molecular weight is 413 g/mol. The number of carbonyl (C=O) groups is 1. The zero-order valence-electron chi connectivity index (χ0n) is 17.8. The molecule has 1 aliphatic rings. The minimum absolute atomic E-state index is 0.0237. The molecule has 30 heavy (non-hydrogen) atoms. The lowest BCUT2D eigenvalue weighted by Crippen LogP contribution is -2.38. The van der Waals surface area contributed by atoms with Crippen molar-refractivity contribution < 1.29 is 9.18 Å². The minimum atomic E-state index is -0.253. The maximum absolute atomic E-state index is 13.4. The van der Waals surface area contributed by atoms with E-state index in [0.717, 1.165) is 72.8 Å². The third-order valence-electron chi connectivity index (χ3n) is 6.01. The molecule has 1 saturated heterocycles. The van der Waals surface area contributed by atoms with Crippen LogP contribution in [-0.4, -0.2) is 50.2 Å². The molecule has 1 aliphatic heterocycles. The number of aromatic amines is 1. The largest absolute Gasteiger partial charge is 0.342 e. The Balaban J connectivity index is 1.29. The maximum atomic E-state index is 13.4. The molecule has 1 aromatic carbocycles. The van der Waals surface area contributed by atoms with Crippen molar-refractivity contribution in [2.24, 2.45) is 13.0 Å². The van der Waals surface area contributed by atoms with Gasteiger partial charge in [-0.25, -0.2) is 9.37 Å². The van der Waals surface area contributed by atoms with Crippen molar-refractivity contribution in [2.75, 3.05) is 25.0 Å². The van der Waals surface area contributed by atoms with E-state index < -0.39 is 0 Å². The molecule has 4 rings (SSSR count). The number of carbonyl (C=O) groups excluding carboxylic acids is 1. The van der Waals surface area contributed by atoms with Crippen LogP contribution in [0.2, 0.25) is 0 Å². The molecule has 2 aromatic heterocycles. The monoisotopic (exact) mass is 412 g/mol. The number of piperidine rings is 1. The van der Waals surface area contributed by atoms with Crippen molar-refractivity contribution in [3.63, 3.8) is 0 Å². The first-order valence-corrected chi connectivity index (χ1v) is 10.6. The first-order chi connectivity index (χ1) is 14.4. The highest BCUT2D eigenvalue weighted by Gasteiger charge is 2.22. The van der Waals surface area contributed by atoms with Gasteiger partial charge in [-0.3, -0.25) is 9.48 Å². The van der Waals surface area contributed by atoms with E-state index in [2.05, 4.69) is 25.3 Å². The molecular formula is C22H29FN6O. The summed E-state index contributed by atoms with van der Waals surface area (Å²) in [5, 5.41) is 7.36. The second-order valence-electron chi connectivity index (χ2n) is 8.33. The van der Waals surface area contributed by atoms with Crippen molar-refractivity contribution in [1.82, 2.24) is 24.6 Å². The van der Waals surface area contributed by atoms with Crippen LogP contribution < -0.4 is 5.32 Å². The maximum Gasteiger partial charge on any atom is 0.225 e. The number of aromatic nitrogens is 4. The molecule has 7 nitrogen and oxygen atoms in total. The third kappa shape index (κ3) is 4.53. The number of aryl methyl sites for hydroxylation is 2. The van der Waals surface area contributed by atoms with Crippen molar-refractivity contribution >= 4 is 22.6 Å². The van der Waals surface area contributed by atoms with Gasteiger partial charge in [-0.05, 0) is 57.4 Å². The quantitative estimate of drug-likeness (QED) is 0.651. The summed E-state index contributed by atoms with van der Waals surface area (Å²) in [6.07, 6.45) is 3.56. The minimum Gasteiger partial charge on any atom is -0.342 e. The number of nitrogens with one attached hydrogen (secondary N) is 2. The zero-order valence-corrected chi connectivity index (χ0v) is 17.8. The number of hydrogen-bond acceptors (Lipinski definition) is 4. The number of fused-ring (bicyclic) bond motifs is 1. The second kappa shape index (κ2) is 8.55. The molecule has 160 valence electrons. The van der Waals surface area contributed by atoms with Gasteiger partial charge in [-0.1, -0.05) is 0 Å². The summed E-state index contributed by atoms with van der Waals surface area (Å²) in [6, 6.07) is 4.64. The summed E-state index contributed by atoms with van der Waals surface area (Å²) in [5.74, 6) is 1.16. The van der Waals surface area contributed by atoms with Gasteiger partial charge in [0.25, 0.3) is 0 Å². The Bertz CT molecular complexity index is 1060. The number of benzene rings is 1. The lowest BCUT2D eigenvalue weighted by Gasteiger charge is -2.32. The van der Waals surface area contributed by atoms with E-state index in [1.165, 1.54) is 12.1 Å². The Morgan fingerprint density at radius 1 is 1.37 bits per heavy atom. The highest BCUT2D eigenvalue weighted by atomic mass is 19.1. The number of anilines is 1. The first-order valence-electron chi connectivity index (χ1n) is 10.6. The molecule has 0 bridgehead atoms. The van der Waals surface area contributed by atoms with Crippen LogP contribution in [0.15, 0.2) is 18.2 Å². The molecule has 1 fully saturated rings. The predicted molar refractivity (Wildman–Crippen MR) is 115 cm³/mol. The predicted octanol–water partition coefficient (Wildman–Crippen LogP) is 3.34. The van der Waals surface area contributed by atoms with Crippen LogP contribution in [0, 0.1) is 25.6 Å². The average Bonchev–Trinajstić information content (AvgIpc) is 3.21. The SMILES string of the molecule is Cc1nn(C)c(C)c1NC(=O)CCN1CCCC(Cc2nc3ccc(F)cc3[nH]2)C1. The molecule has 0 spiro atoms. The van der Waals surface area contributed by atoms with Gasteiger partial charge in [0.1, 0.15) is 11.6 Å². The summed E-state index contributed by atoms with van der Waals surface area (Å²) in [7, 11) is 1.88. The number of rotatable bonds is 6. The lowest BCUT2D eigenvalue weighted by atomic mass is 9.94. The van der Waals surface area contributed by atoms with Crippen LogP contribution in [0.3, 0.4) is 0 Å². The van der Waals surface area contributed by atoms with Crippen LogP contribution in [0.25, 0.3) is 11.0 Å². The van der Waals surface area contributed by atoms with Gasteiger partial charge in [0.2, 0.25) is 5.91 Å². The highest BCUT2D eigenvalue weighted by Crippen LogP contribution is 2.22. The highest BCUT2D eigenvalue weighted by molar-refractivity contribution is 5.92. The first kappa shape index (κ1) is 20.5. The molecule has 1 unspecified atom stereocenters. The molecule has 2 N–H and O–H groups in total. The summed E-state index contributed by atoms with van der Waals surface area (Å²) in [6.45, 7) is 6.57. The van der Waals surface area contributed by atoms with Crippen molar-refractivity contribution in [2.45, 2.75) is 39.5 Å². The van der Waals surface area contributed by atoms with Crippen LogP contribution in [0.5, 0.6) is 0 Å².